The summed E-state index contributed by atoms with van der Waals surface area (Å²) >= 11 is 0. The zero-order valence-corrected chi connectivity index (χ0v) is 11.7. The number of allylic oxidation sites excluding steroid dienone is 1. The molecule has 1 fully saturated rings. The molecule has 0 unspecified atom stereocenters. The summed E-state index contributed by atoms with van der Waals surface area (Å²) in [7, 11) is -0.297. The largest absolute Gasteiger partial charge is 0.486 e. The minimum atomic E-state index is -0.732. The molecule has 18 heavy (non-hydrogen) atoms. The van der Waals surface area contributed by atoms with E-state index in [-0.39, 0.29) is 24.7 Å². The molecule has 1 heterocycles. The van der Waals surface area contributed by atoms with E-state index in [2.05, 4.69) is 0 Å². The van der Waals surface area contributed by atoms with Crippen LogP contribution in [0.3, 0.4) is 0 Å². The maximum absolute atomic E-state index is 10.3. The Hall–Kier alpha value is -0.805. The van der Waals surface area contributed by atoms with E-state index >= 15 is 0 Å². The van der Waals surface area contributed by atoms with E-state index in [1.807, 2.05) is 39.7 Å². The highest BCUT2D eigenvalue weighted by Crippen LogP contribution is 2.36. The summed E-state index contributed by atoms with van der Waals surface area (Å²) in [6.45, 7) is 8.09. The lowest BCUT2D eigenvalue weighted by Crippen LogP contribution is -2.41. The van der Waals surface area contributed by atoms with Crippen LogP contribution in [0.25, 0.3) is 0 Å². The van der Waals surface area contributed by atoms with Crippen LogP contribution in [0.1, 0.15) is 53.4 Å². The second-order valence-electron chi connectivity index (χ2n) is 5.69. The fourth-order valence-corrected chi connectivity index (χ4v) is 1.71. The quantitative estimate of drug-likeness (QED) is 0.585. The predicted octanol–water partition coefficient (Wildman–Crippen LogP) is 2.82. The highest BCUT2D eigenvalue weighted by molar-refractivity contribution is 6.51. The number of hydrogen-bond donors (Lipinski definition) is 1. The molecule has 0 radical (unpaired) electrons. The lowest BCUT2D eigenvalue weighted by Gasteiger charge is -2.32. The molecule has 1 N–H and O–H groups in total. The Morgan fingerprint density at radius 2 is 1.72 bits per heavy atom. The van der Waals surface area contributed by atoms with Crippen molar-refractivity contribution in [3.63, 3.8) is 0 Å². The standard InChI is InChI=1S/C13H23BO4/c1-12(2)13(3,4)18-14(17-12)10-8-6-5-7-9-11(15)16/h8,10H,5-7,9H2,1-4H3,(H,15,16). The molecule has 0 aliphatic carbocycles. The summed E-state index contributed by atoms with van der Waals surface area (Å²) in [6.07, 6.45) is 4.69. The van der Waals surface area contributed by atoms with Crippen LogP contribution in [0, 0.1) is 0 Å². The number of hydrogen-bond acceptors (Lipinski definition) is 3. The van der Waals surface area contributed by atoms with Gasteiger partial charge in [0.05, 0.1) is 11.2 Å². The average Bonchev–Trinajstić information content (AvgIpc) is 2.40. The summed E-state index contributed by atoms with van der Waals surface area (Å²) < 4.78 is 11.6. The number of rotatable bonds is 6. The van der Waals surface area contributed by atoms with Crippen molar-refractivity contribution >= 4 is 13.1 Å². The maximum atomic E-state index is 10.3. The van der Waals surface area contributed by atoms with Gasteiger partial charge in [-0.1, -0.05) is 12.1 Å². The molecule has 0 aromatic carbocycles. The van der Waals surface area contributed by atoms with Crippen LogP contribution in [0.5, 0.6) is 0 Å². The van der Waals surface area contributed by atoms with Gasteiger partial charge in [-0.25, -0.2) is 0 Å². The minimum Gasteiger partial charge on any atom is -0.481 e. The molecule has 102 valence electrons. The number of carboxylic acid groups (broad SMARTS) is 1. The topological polar surface area (TPSA) is 55.8 Å². The summed E-state index contributed by atoms with van der Waals surface area (Å²) in [4.78, 5) is 10.3. The summed E-state index contributed by atoms with van der Waals surface area (Å²) in [5, 5.41) is 8.50. The van der Waals surface area contributed by atoms with E-state index in [4.69, 9.17) is 14.4 Å². The molecule has 0 amide bonds. The van der Waals surface area contributed by atoms with Gasteiger partial charge in [-0.2, -0.15) is 0 Å². The minimum absolute atomic E-state index is 0.240. The van der Waals surface area contributed by atoms with Crippen molar-refractivity contribution in [3.05, 3.63) is 12.1 Å². The van der Waals surface area contributed by atoms with Crippen molar-refractivity contribution in [2.45, 2.75) is 64.6 Å². The first-order valence-electron chi connectivity index (χ1n) is 6.49. The van der Waals surface area contributed by atoms with E-state index < -0.39 is 5.97 Å². The molecular weight excluding hydrogens is 231 g/mol. The Bertz CT molecular complexity index is 307. The third-order valence-corrected chi connectivity index (χ3v) is 3.58. The van der Waals surface area contributed by atoms with Crippen molar-refractivity contribution in [2.24, 2.45) is 0 Å². The van der Waals surface area contributed by atoms with Gasteiger partial charge in [0.25, 0.3) is 0 Å². The molecule has 1 aliphatic rings. The van der Waals surface area contributed by atoms with Gasteiger partial charge in [0.15, 0.2) is 0 Å². The number of carboxylic acids is 1. The van der Waals surface area contributed by atoms with Crippen LogP contribution in [-0.4, -0.2) is 29.4 Å². The Balaban J connectivity index is 2.26. The van der Waals surface area contributed by atoms with Gasteiger partial charge < -0.3 is 14.4 Å². The molecular formula is C13H23BO4. The van der Waals surface area contributed by atoms with Gasteiger partial charge >= 0.3 is 13.1 Å². The zero-order valence-electron chi connectivity index (χ0n) is 11.7. The predicted molar refractivity (Wildman–Crippen MR) is 71.3 cm³/mol. The van der Waals surface area contributed by atoms with Crippen molar-refractivity contribution in [2.75, 3.05) is 0 Å². The van der Waals surface area contributed by atoms with Gasteiger partial charge in [-0.3, -0.25) is 4.79 Å². The Labute approximate surface area is 109 Å². The molecule has 4 nitrogen and oxygen atoms in total. The smallest absolute Gasteiger partial charge is 0.481 e. The van der Waals surface area contributed by atoms with Gasteiger partial charge in [0.2, 0.25) is 0 Å². The third-order valence-electron chi connectivity index (χ3n) is 3.58. The highest BCUT2D eigenvalue weighted by Gasteiger charge is 2.49. The van der Waals surface area contributed by atoms with Crippen molar-refractivity contribution < 1.29 is 19.2 Å². The first-order valence-corrected chi connectivity index (χ1v) is 6.49. The first-order chi connectivity index (χ1) is 8.24. The highest BCUT2D eigenvalue weighted by atomic mass is 16.7. The van der Waals surface area contributed by atoms with Gasteiger partial charge in [0, 0.05) is 6.42 Å². The molecule has 1 saturated heterocycles. The monoisotopic (exact) mass is 254 g/mol. The molecule has 0 aromatic heterocycles. The summed E-state index contributed by atoms with van der Waals surface area (Å²) in [6, 6.07) is 0. The fraction of sp³-hybridized carbons (Fsp3) is 0.769. The van der Waals surface area contributed by atoms with Gasteiger partial charge in [-0.15, -0.1) is 0 Å². The van der Waals surface area contributed by atoms with Crippen LogP contribution in [0.2, 0.25) is 0 Å². The van der Waals surface area contributed by atoms with Crippen molar-refractivity contribution in [1.29, 1.82) is 0 Å². The molecule has 0 saturated carbocycles. The van der Waals surface area contributed by atoms with Crippen LogP contribution in [-0.2, 0) is 14.1 Å². The first kappa shape index (κ1) is 15.3. The maximum Gasteiger partial charge on any atom is 0.486 e. The molecule has 0 spiro atoms. The van der Waals surface area contributed by atoms with E-state index in [9.17, 15) is 4.79 Å². The second-order valence-corrected chi connectivity index (χ2v) is 5.69. The molecule has 0 aromatic rings. The average molecular weight is 254 g/mol. The van der Waals surface area contributed by atoms with Crippen molar-refractivity contribution in [1.82, 2.24) is 0 Å². The fourth-order valence-electron chi connectivity index (χ4n) is 1.71. The number of unbranched alkanes of at least 4 members (excludes halogenated alkanes) is 2. The van der Waals surface area contributed by atoms with Gasteiger partial charge in [0.1, 0.15) is 0 Å². The van der Waals surface area contributed by atoms with E-state index in [0.717, 1.165) is 12.8 Å². The summed E-state index contributed by atoms with van der Waals surface area (Å²) in [5.41, 5.74) is -0.601. The number of carbonyl (C=O) groups is 1. The molecule has 1 aliphatic heterocycles. The van der Waals surface area contributed by atoms with Crippen LogP contribution in [0.4, 0.5) is 0 Å². The zero-order chi connectivity index (χ0) is 13.8. The van der Waals surface area contributed by atoms with Gasteiger partial charge in [-0.05, 0) is 47.0 Å². The van der Waals surface area contributed by atoms with E-state index in [1.165, 1.54) is 0 Å². The normalized spacial score (nSPS) is 21.7. The van der Waals surface area contributed by atoms with Crippen LogP contribution < -0.4 is 0 Å². The second kappa shape index (κ2) is 5.89. The molecule has 5 heteroatoms. The molecule has 1 rings (SSSR count). The van der Waals surface area contributed by atoms with E-state index in [1.54, 1.807) is 0 Å². The molecule has 0 atom stereocenters. The Kier molecular flexibility index (Phi) is 4.99. The summed E-state index contributed by atoms with van der Waals surface area (Å²) in [5.74, 6) is 1.18. The Morgan fingerprint density at radius 1 is 1.17 bits per heavy atom. The lowest BCUT2D eigenvalue weighted by molar-refractivity contribution is -0.137. The van der Waals surface area contributed by atoms with Crippen LogP contribution in [0.15, 0.2) is 12.1 Å². The SMILES string of the molecule is CC1(C)OB(C=CCCCCC(=O)O)OC1(C)C. The molecule has 0 bridgehead atoms. The Morgan fingerprint density at radius 3 is 2.22 bits per heavy atom. The van der Waals surface area contributed by atoms with Crippen molar-refractivity contribution in [3.8, 4) is 0 Å². The van der Waals surface area contributed by atoms with Crippen LogP contribution >= 0.6 is 0 Å². The third kappa shape index (κ3) is 4.14. The lowest BCUT2D eigenvalue weighted by atomic mass is 9.89. The van der Waals surface area contributed by atoms with E-state index in [0.29, 0.717) is 6.42 Å². The number of aliphatic carboxylic acids is 1.